The molecule has 86 valence electrons. The van der Waals surface area contributed by atoms with Gasteiger partial charge in [0.1, 0.15) is 0 Å². The van der Waals surface area contributed by atoms with E-state index < -0.39 is 18.0 Å². The molecule has 2 unspecified atom stereocenters. The highest BCUT2D eigenvalue weighted by molar-refractivity contribution is 5.95. The molecule has 1 heterocycles. The molecule has 0 aromatic rings. The zero-order chi connectivity index (χ0) is 11.4. The molecule has 0 aromatic carbocycles. The molecular formula is C9H14O6. The normalized spacial score (nSPS) is 25.7. The Labute approximate surface area is 86.8 Å². The van der Waals surface area contributed by atoms with Gasteiger partial charge in [0.2, 0.25) is 0 Å². The Bertz CT molecular complexity index is 237. The van der Waals surface area contributed by atoms with Gasteiger partial charge in [-0.2, -0.15) is 0 Å². The molecule has 6 heteroatoms. The maximum atomic E-state index is 10.5. The monoisotopic (exact) mass is 218 g/mol. The van der Waals surface area contributed by atoms with Gasteiger partial charge in [-0.05, 0) is 19.8 Å². The molecule has 0 saturated carbocycles. The van der Waals surface area contributed by atoms with Crippen molar-refractivity contribution in [3.05, 3.63) is 0 Å². The van der Waals surface area contributed by atoms with Crippen molar-refractivity contribution in [1.29, 1.82) is 0 Å². The van der Waals surface area contributed by atoms with Crippen LogP contribution in [0.4, 0.5) is 0 Å². The Kier molecular flexibility index (Phi) is 4.05. The number of hydrogen-bond donors (Lipinski definition) is 2. The number of carboxylic acids is 2. The number of hydrogen-bond acceptors (Lipinski definition) is 4. The van der Waals surface area contributed by atoms with Crippen LogP contribution < -0.4 is 0 Å². The summed E-state index contributed by atoms with van der Waals surface area (Å²) in [5.74, 6) is -2.98. The lowest BCUT2D eigenvalue weighted by atomic mass is 10.2. The highest BCUT2D eigenvalue weighted by Gasteiger charge is 2.29. The topological polar surface area (TPSA) is 93.1 Å². The summed E-state index contributed by atoms with van der Waals surface area (Å²) in [5, 5.41) is 17.0. The molecule has 2 atom stereocenters. The minimum Gasteiger partial charge on any atom is -0.479 e. The summed E-state index contributed by atoms with van der Waals surface area (Å²) < 4.78 is 10.1. The van der Waals surface area contributed by atoms with Gasteiger partial charge in [0.25, 0.3) is 6.10 Å². The molecule has 1 saturated heterocycles. The Morgan fingerprint density at radius 2 is 2.00 bits per heavy atom. The Balaban J connectivity index is 2.34. The number of rotatable bonds is 5. The van der Waals surface area contributed by atoms with Gasteiger partial charge in [0.15, 0.2) is 0 Å². The van der Waals surface area contributed by atoms with Crippen LogP contribution in [0.5, 0.6) is 0 Å². The summed E-state index contributed by atoms with van der Waals surface area (Å²) in [6.07, 6.45) is -0.205. The van der Waals surface area contributed by atoms with Gasteiger partial charge in [0.05, 0.1) is 18.8 Å². The van der Waals surface area contributed by atoms with E-state index in [2.05, 4.69) is 0 Å². The standard InChI is InChI=1S/C9H14O6/c1-5-2-3-6(15-5)4-14-7(8(10)11)9(12)13/h5-7H,2-4H2,1H3,(H,10,11)(H,12,13). The van der Waals surface area contributed by atoms with Gasteiger partial charge in [-0.15, -0.1) is 0 Å². The molecule has 0 aliphatic carbocycles. The lowest BCUT2D eigenvalue weighted by Gasteiger charge is -2.14. The van der Waals surface area contributed by atoms with Gasteiger partial charge in [-0.1, -0.05) is 0 Å². The van der Waals surface area contributed by atoms with Crippen LogP contribution in [0.1, 0.15) is 19.8 Å². The highest BCUT2D eigenvalue weighted by Crippen LogP contribution is 2.19. The molecule has 1 aliphatic heterocycles. The summed E-state index contributed by atoms with van der Waals surface area (Å²) in [6, 6.07) is 0. The molecule has 0 bridgehead atoms. The summed E-state index contributed by atoms with van der Waals surface area (Å²) in [4.78, 5) is 20.9. The maximum Gasteiger partial charge on any atom is 0.344 e. The van der Waals surface area contributed by atoms with Crippen molar-refractivity contribution in [3.8, 4) is 0 Å². The van der Waals surface area contributed by atoms with E-state index in [1.165, 1.54) is 0 Å². The van der Waals surface area contributed by atoms with Gasteiger partial charge in [-0.3, -0.25) is 0 Å². The van der Waals surface area contributed by atoms with Crippen LogP contribution in [0.3, 0.4) is 0 Å². The second-order valence-electron chi connectivity index (χ2n) is 3.54. The lowest BCUT2D eigenvalue weighted by molar-refractivity contribution is -0.168. The fraction of sp³-hybridized carbons (Fsp3) is 0.778. The van der Waals surface area contributed by atoms with Crippen LogP contribution >= 0.6 is 0 Å². The molecule has 1 rings (SSSR count). The van der Waals surface area contributed by atoms with E-state index in [4.69, 9.17) is 19.7 Å². The number of ether oxygens (including phenoxy) is 2. The van der Waals surface area contributed by atoms with Crippen molar-refractivity contribution in [2.75, 3.05) is 6.61 Å². The van der Waals surface area contributed by atoms with Crippen molar-refractivity contribution < 1.29 is 29.3 Å². The van der Waals surface area contributed by atoms with Crippen LogP contribution in [-0.2, 0) is 19.1 Å². The molecule has 1 aliphatic rings. The number of aliphatic carboxylic acids is 2. The Morgan fingerprint density at radius 3 is 2.40 bits per heavy atom. The first kappa shape index (κ1) is 11.9. The van der Waals surface area contributed by atoms with E-state index in [9.17, 15) is 9.59 Å². The maximum absolute atomic E-state index is 10.5. The number of carboxylic acid groups (broad SMARTS) is 2. The number of carbonyl (C=O) groups is 2. The summed E-state index contributed by atoms with van der Waals surface area (Å²) in [6.45, 7) is 1.92. The van der Waals surface area contributed by atoms with Crippen LogP contribution in [0.15, 0.2) is 0 Å². The van der Waals surface area contributed by atoms with E-state index in [0.29, 0.717) is 0 Å². The van der Waals surface area contributed by atoms with Gasteiger partial charge >= 0.3 is 11.9 Å². The minimum atomic E-state index is -1.80. The van der Waals surface area contributed by atoms with Crippen LogP contribution in [0.2, 0.25) is 0 Å². The molecule has 2 N–H and O–H groups in total. The first-order valence-corrected chi connectivity index (χ1v) is 4.73. The Morgan fingerprint density at radius 1 is 1.40 bits per heavy atom. The average Bonchev–Trinajstić information content (AvgIpc) is 2.50. The predicted octanol–water partition coefficient (Wildman–Crippen LogP) is 0.108. The van der Waals surface area contributed by atoms with E-state index in [1.54, 1.807) is 0 Å². The summed E-state index contributed by atoms with van der Waals surface area (Å²) >= 11 is 0. The average molecular weight is 218 g/mol. The molecule has 15 heavy (non-hydrogen) atoms. The molecule has 0 aromatic heterocycles. The first-order chi connectivity index (χ1) is 7.00. The zero-order valence-corrected chi connectivity index (χ0v) is 8.38. The van der Waals surface area contributed by atoms with Crippen molar-refractivity contribution in [1.82, 2.24) is 0 Å². The van der Waals surface area contributed by atoms with Crippen molar-refractivity contribution in [3.63, 3.8) is 0 Å². The highest BCUT2D eigenvalue weighted by atomic mass is 16.6. The van der Waals surface area contributed by atoms with Crippen molar-refractivity contribution in [2.45, 2.75) is 38.1 Å². The molecule has 0 amide bonds. The van der Waals surface area contributed by atoms with Crippen LogP contribution in [-0.4, -0.2) is 47.1 Å². The smallest absolute Gasteiger partial charge is 0.344 e. The third kappa shape index (κ3) is 3.49. The summed E-state index contributed by atoms with van der Waals surface area (Å²) in [5.41, 5.74) is 0. The Hall–Kier alpha value is -1.14. The first-order valence-electron chi connectivity index (χ1n) is 4.73. The largest absolute Gasteiger partial charge is 0.479 e. The third-order valence-electron chi connectivity index (χ3n) is 2.22. The molecule has 1 fully saturated rings. The van der Waals surface area contributed by atoms with E-state index in [-0.39, 0.29) is 18.8 Å². The minimum absolute atomic E-state index is 0.00755. The van der Waals surface area contributed by atoms with Gasteiger partial charge in [0, 0.05) is 0 Å². The van der Waals surface area contributed by atoms with E-state index in [0.717, 1.165) is 12.8 Å². The fourth-order valence-corrected chi connectivity index (χ4v) is 1.46. The SMILES string of the molecule is CC1CCC(COC(C(=O)O)C(=O)O)O1. The molecule has 0 spiro atoms. The third-order valence-corrected chi connectivity index (χ3v) is 2.22. The van der Waals surface area contributed by atoms with Crippen molar-refractivity contribution in [2.24, 2.45) is 0 Å². The van der Waals surface area contributed by atoms with Gasteiger partial charge in [-0.25, -0.2) is 9.59 Å². The van der Waals surface area contributed by atoms with Crippen LogP contribution in [0, 0.1) is 0 Å². The summed E-state index contributed by atoms with van der Waals surface area (Å²) in [7, 11) is 0. The molecule has 0 radical (unpaired) electrons. The van der Waals surface area contributed by atoms with Crippen molar-refractivity contribution >= 4 is 11.9 Å². The van der Waals surface area contributed by atoms with E-state index >= 15 is 0 Å². The second kappa shape index (κ2) is 5.09. The molecular weight excluding hydrogens is 204 g/mol. The fourth-order valence-electron chi connectivity index (χ4n) is 1.46. The van der Waals surface area contributed by atoms with Crippen LogP contribution in [0.25, 0.3) is 0 Å². The van der Waals surface area contributed by atoms with Gasteiger partial charge < -0.3 is 19.7 Å². The zero-order valence-electron chi connectivity index (χ0n) is 8.38. The predicted molar refractivity (Wildman–Crippen MR) is 48.6 cm³/mol. The lowest BCUT2D eigenvalue weighted by Crippen LogP contribution is -2.35. The van der Waals surface area contributed by atoms with E-state index in [1.807, 2.05) is 6.92 Å². The quantitative estimate of drug-likeness (QED) is 0.636. The molecule has 6 nitrogen and oxygen atoms in total. The second-order valence-corrected chi connectivity index (χ2v) is 3.54.